The summed E-state index contributed by atoms with van der Waals surface area (Å²) >= 11 is 6.05. The van der Waals surface area contributed by atoms with Crippen molar-refractivity contribution in [3.05, 3.63) is 29.1 Å². The van der Waals surface area contributed by atoms with Crippen LogP contribution in [0.25, 0.3) is 5.53 Å². The summed E-state index contributed by atoms with van der Waals surface area (Å²) in [5.74, 6) is 0.702. The minimum atomic E-state index is -0.420. The van der Waals surface area contributed by atoms with E-state index in [2.05, 4.69) is 11.7 Å². The van der Waals surface area contributed by atoms with Crippen LogP contribution in [0.2, 0.25) is 0 Å². The molecule has 0 radical (unpaired) electrons. The molecule has 1 rings (SSSR count). The monoisotopic (exact) mass is 255 g/mol. The molecule has 0 heterocycles. The summed E-state index contributed by atoms with van der Waals surface area (Å²) in [6, 6.07) is 0. The molecule has 0 spiro atoms. The smallest absolute Gasteiger partial charge is 0.317 e. The Morgan fingerprint density at radius 2 is 2.24 bits per heavy atom. The predicted molar refractivity (Wildman–Crippen MR) is 69.0 cm³/mol. The number of hydrogen-bond acceptors (Lipinski definition) is 2. The topological polar surface area (TPSA) is 48.9 Å². The number of unbranched alkanes of at least 4 members (excludes halogenated alkanes) is 1. The van der Waals surface area contributed by atoms with E-state index < -0.39 is 5.38 Å². The summed E-state index contributed by atoms with van der Waals surface area (Å²) in [6.45, 7) is 2.76. The molecule has 4 nitrogen and oxygen atoms in total. The van der Waals surface area contributed by atoms with E-state index in [0.29, 0.717) is 18.1 Å². The number of rotatable bonds is 5. The fourth-order valence-electron chi connectivity index (χ4n) is 1.49. The standard InChI is InChI=1S/C12H18ClN3O/c1-4-5-6-17-12-8-10(15-14)9(13)7-11(12)16(2)3/h7-9H,4-6H2,1-3H3. The Balaban J connectivity index is 2.87. The largest absolute Gasteiger partial charge is 0.491 e. The summed E-state index contributed by atoms with van der Waals surface area (Å²) in [5, 5.41) is -0.420. The Kier molecular flexibility index (Phi) is 5.26. The maximum Gasteiger partial charge on any atom is 0.317 e. The molecular formula is C12H18ClN3O. The zero-order chi connectivity index (χ0) is 12.8. The van der Waals surface area contributed by atoms with Crippen molar-refractivity contribution in [2.75, 3.05) is 20.7 Å². The van der Waals surface area contributed by atoms with E-state index in [9.17, 15) is 0 Å². The van der Waals surface area contributed by atoms with Gasteiger partial charge in [0.25, 0.3) is 0 Å². The van der Waals surface area contributed by atoms with Gasteiger partial charge in [-0.3, -0.25) is 0 Å². The van der Waals surface area contributed by atoms with Crippen LogP contribution in [0.15, 0.2) is 23.6 Å². The predicted octanol–water partition coefficient (Wildman–Crippen LogP) is 2.42. The maximum atomic E-state index is 8.84. The molecule has 1 aliphatic rings. The summed E-state index contributed by atoms with van der Waals surface area (Å²) in [7, 11) is 3.85. The van der Waals surface area contributed by atoms with E-state index in [1.165, 1.54) is 0 Å². The highest BCUT2D eigenvalue weighted by Gasteiger charge is 2.27. The lowest BCUT2D eigenvalue weighted by atomic mass is 10.1. The van der Waals surface area contributed by atoms with Crippen LogP contribution >= 0.6 is 11.6 Å². The first-order chi connectivity index (χ1) is 8.10. The minimum Gasteiger partial charge on any atom is -0.491 e. The molecule has 0 N–H and O–H groups in total. The van der Waals surface area contributed by atoms with Crippen molar-refractivity contribution in [1.82, 2.24) is 4.90 Å². The average Bonchev–Trinajstić information content (AvgIpc) is 2.30. The van der Waals surface area contributed by atoms with E-state index in [1.807, 2.05) is 25.1 Å². The van der Waals surface area contributed by atoms with Crippen molar-refractivity contribution in [1.29, 1.82) is 0 Å². The highest BCUT2D eigenvalue weighted by atomic mass is 35.5. The van der Waals surface area contributed by atoms with Gasteiger partial charge >= 0.3 is 5.71 Å². The summed E-state index contributed by atoms with van der Waals surface area (Å²) in [6.07, 6.45) is 5.57. The molecular weight excluding hydrogens is 238 g/mol. The van der Waals surface area contributed by atoms with Crippen molar-refractivity contribution < 1.29 is 9.53 Å². The molecule has 0 aromatic carbocycles. The van der Waals surface area contributed by atoms with Gasteiger partial charge in [0, 0.05) is 14.1 Å². The van der Waals surface area contributed by atoms with Crippen LogP contribution in [-0.2, 0) is 4.74 Å². The Morgan fingerprint density at radius 1 is 1.53 bits per heavy atom. The first-order valence-electron chi connectivity index (χ1n) is 5.70. The molecule has 0 fully saturated rings. The van der Waals surface area contributed by atoms with Gasteiger partial charge in [-0.25, -0.2) is 0 Å². The zero-order valence-corrected chi connectivity index (χ0v) is 11.2. The molecule has 94 valence electrons. The molecule has 0 aromatic heterocycles. The molecule has 1 atom stereocenters. The van der Waals surface area contributed by atoms with Gasteiger partial charge in [-0.1, -0.05) is 13.3 Å². The first kappa shape index (κ1) is 13.8. The Bertz CT molecular complexity index is 381. The summed E-state index contributed by atoms with van der Waals surface area (Å²) in [4.78, 5) is 5.10. The maximum absolute atomic E-state index is 8.84. The van der Waals surface area contributed by atoms with Gasteiger partial charge in [0.1, 0.15) is 5.76 Å². The van der Waals surface area contributed by atoms with E-state index in [4.69, 9.17) is 21.9 Å². The van der Waals surface area contributed by atoms with Crippen molar-refractivity contribution >= 4 is 17.3 Å². The fourth-order valence-corrected chi connectivity index (χ4v) is 1.72. The molecule has 1 unspecified atom stereocenters. The van der Waals surface area contributed by atoms with E-state index in [0.717, 1.165) is 18.5 Å². The van der Waals surface area contributed by atoms with Crippen LogP contribution in [0.5, 0.6) is 0 Å². The number of alkyl halides is 1. The van der Waals surface area contributed by atoms with Crippen LogP contribution in [0.4, 0.5) is 0 Å². The van der Waals surface area contributed by atoms with Gasteiger partial charge in [-0.2, -0.15) is 4.79 Å². The van der Waals surface area contributed by atoms with Gasteiger partial charge in [0.05, 0.1) is 18.4 Å². The van der Waals surface area contributed by atoms with Crippen LogP contribution in [0.3, 0.4) is 0 Å². The molecule has 0 aromatic rings. The second kappa shape index (κ2) is 6.48. The van der Waals surface area contributed by atoms with Crippen LogP contribution in [0.1, 0.15) is 19.8 Å². The molecule has 0 bridgehead atoms. The second-order valence-electron chi connectivity index (χ2n) is 4.08. The highest BCUT2D eigenvalue weighted by Crippen LogP contribution is 2.22. The molecule has 0 aliphatic heterocycles. The quantitative estimate of drug-likeness (QED) is 0.328. The van der Waals surface area contributed by atoms with E-state index in [1.54, 1.807) is 6.08 Å². The number of allylic oxidation sites excluding steroid dienone is 2. The zero-order valence-electron chi connectivity index (χ0n) is 10.5. The minimum absolute atomic E-state index is 0.406. The van der Waals surface area contributed by atoms with Crippen molar-refractivity contribution in [3.8, 4) is 0 Å². The third-order valence-electron chi connectivity index (χ3n) is 2.47. The Morgan fingerprint density at radius 3 is 2.76 bits per heavy atom. The number of hydrogen-bond donors (Lipinski definition) is 0. The van der Waals surface area contributed by atoms with Crippen LogP contribution in [-0.4, -0.2) is 41.5 Å². The van der Waals surface area contributed by atoms with Crippen LogP contribution < -0.4 is 0 Å². The fraction of sp³-hybridized carbons (Fsp3) is 0.583. The molecule has 0 saturated carbocycles. The van der Waals surface area contributed by atoms with E-state index >= 15 is 0 Å². The molecule has 1 aliphatic carbocycles. The van der Waals surface area contributed by atoms with Gasteiger partial charge in [-0.05, 0) is 12.5 Å². The van der Waals surface area contributed by atoms with E-state index in [-0.39, 0.29) is 0 Å². The van der Waals surface area contributed by atoms with Gasteiger partial charge in [0.2, 0.25) is 0 Å². The lowest BCUT2D eigenvalue weighted by Gasteiger charge is -2.23. The molecule has 0 amide bonds. The van der Waals surface area contributed by atoms with Crippen molar-refractivity contribution in [2.24, 2.45) is 0 Å². The lowest BCUT2D eigenvalue weighted by Crippen LogP contribution is -2.24. The Hall–Kier alpha value is -1.25. The summed E-state index contributed by atoms with van der Waals surface area (Å²) < 4.78 is 5.68. The number of ether oxygens (including phenoxy) is 1. The molecule has 17 heavy (non-hydrogen) atoms. The van der Waals surface area contributed by atoms with Crippen molar-refractivity contribution in [3.63, 3.8) is 0 Å². The van der Waals surface area contributed by atoms with Gasteiger partial charge in [-0.15, -0.1) is 11.6 Å². The lowest BCUT2D eigenvalue weighted by molar-refractivity contribution is -0.00565. The van der Waals surface area contributed by atoms with Gasteiger partial charge < -0.3 is 15.2 Å². The first-order valence-corrected chi connectivity index (χ1v) is 6.13. The van der Waals surface area contributed by atoms with Crippen molar-refractivity contribution in [2.45, 2.75) is 25.1 Å². The second-order valence-corrected chi connectivity index (χ2v) is 4.55. The third kappa shape index (κ3) is 3.62. The number of nitrogens with zero attached hydrogens (tertiary/aromatic N) is 3. The summed E-state index contributed by atoms with van der Waals surface area (Å²) in [5.41, 5.74) is 10.2. The number of halogens is 1. The average molecular weight is 256 g/mol. The Labute approximate surface area is 107 Å². The van der Waals surface area contributed by atoms with Gasteiger partial charge in [0.15, 0.2) is 5.38 Å². The highest BCUT2D eigenvalue weighted by molar-refractivity contribution is 6.34. The molecule has 0 saturated heterocycles. The third-order valence-corrected chi connectivity index (χ3v) is 2.82. The number of likely N-dealkylation sites (N-methyl/N-ethyl adjacent to an activating group) is 1. The molecule has 5 heteroatoms. The SMILES string of the molecule is CCCCOC1=CC(=[N+]=[N-])C(Cl)C=C1N(C)C. The normalized spacial score (nSPS) is 19.3. The van der Waals surface area contributed by atoms with Crippen LogP contribution in [0, 0.1) is 0 Å².